The number of fused-ring (bicyclic) bond motifs is 1. The molecule has 162 valence electrons. The van der Waals surface area contributed by atoms with E-state index in [9.17, 15) is 4.79 Å². The molecule has 3 aromatic rings. The average molecular weight is 442 g/mol. The third kappa shape index (κ3) is 4.59. The van der Waals surface area contributed by atoms with Gasteiger partial charge in [0.2, 0.25) is 6.10 Å². The first-order valence-corrected chi connectivity index (χ1v) is 10.8. The summed E-state index contributed by atoms with van der Waals surface area (Å²) in [5, 5.41) is 2.66. The maximum Gasteiger partial charge on any atom is 0.351 e. The molecule has 31 heavy (non-hydrogen) atoms. The Morgan fingerprint density at radius 1 is 1.13 bits per heavy atom. The average Bonchev–Trinajstić information content (AvgIpc) is 3.26. The Balaban J connectivity index is 1.40. The summed E-state index contributed by atoms with van der Waals surface area (Å²) in [7, 11) is 1.60. The molecular formula is C23H23NO6S. The van der Waals surface area contributed by atoms with Gasteiger partial charge in [0.05, 0.1) is 19.4 Å². The van der Waals surface area contributed by atoms with E-state index in [2.05, 4.69) is 4.98 Å². The van der Waals surface area contributed by atoms with E-state index >= 15 is 0 Å². The molecule has 1 aliphatic heterocycles. The number of methoxy groups -OCH3 is 1. The van der Waals surface area contributed by atoms with Crippen LogP contribution in [0, 0.1) is 0 Å². The molecule has 0 saturated heterocycles. The summed E-state index contributed by atoms with van der Waals surface area (Å²) < 4.78 is 28.0. The van der Waals surface area contributed by atoms with Gasteiger partial charge in [-0.05, 0) is 44.2 Å². The second kappa shape index (κ2) is 9.26. The Hall–Kier alpha value is -3.26. The van der Waals surface area contributed by atoms with Crippen LogP contribution in [0.1, 0.15) is 19.5 Å². The molecule has 0 amide bonds. The van der Waals surface area contributed by atoms with Crippen molar-refractivity contribution < 1.29 is 28.5 Å². The first kappa shape index (κ1) is 21.0. The molecule has 0 saturated carbocycles. The van der Waals surface area contributed by atoms with Crippen LogP contribution in [-0.4, -0.2) is 36.9 Å². The van der Waals surface area contributed by atoms with Crippen LogP contribution in [-0.2, 0) is 16.1 Å². The summed E-state index contributed by atoms with van der Waals surface area (Å²) >= 11 is 1.46. The summed E-state index contributed by atoms with van der Waals surface area (Å²) in [5.41, 5.74) is 1.56. The van der Waals surface area contributed by atoms with Crippen LogP contribution in [0.15, 0.2) is 47.8 Å². The van der Waals surface area contributed by atoms with Gasteiger partial charge in [0.25, 0.3) is 0 Å². The van der Waals surface area contributed by atoms with Gasteiger partial charge in [-0.15, -0.1) is 11.3 Å². The number of para-hydroxylation sites is 2. The Labute approximate surface area is 184 Å². The second-order valence-electron chi connectivity index (χ2n) is 6.86. The van der Waals surface area contributed by atoms with Gasteiger partial charge >= 0.3 is 5.97 Å². The number of ether oxygens (including phenoxy) is 5. The quantitative estimate of drug-likeness (QED) is 0.500. The molecule has 7 nitrogen and oxygen atoms in total. The number of benzene rings is 2. The van der Waals surface area contributed by atoms with Gasteiger partial charge < -0.3 is 23.7 Å². The minimum Gasteiger partial charge on any atom is -0.493 e. The summed E-state index contributed by atoms with van der Waals surface area (Å²) in [6, 6.07) is 12.9. The van der Waals surface area contributed by atoms with Crippen LogP contribution in [0.2, 0.25) is 0 Å². The number of rotatable bonds is 7. The van der Waals surface area contributed by atoms with E-state index in [1.807, 2.05) is 42.6 Å². The third-order valence-electron chi connectivity index (χ3n) is 4.70. The predicted octanol–water partition coefficient (Wildman–Crippen LogP) is 4.49. The second-order valence-corrected chi connectivity index (χ2v) is 7.72. The lowest BCUT2D eigenvalue weighted by atomic mass is 10.2. The van der Waals surface area contributed by atoms with Crippen molar-refractivity contribution in [1.29, 1.82) is 0 Å². The molecule has 8 heteroatoms. The van der Waals surface area contributed by atoms with Crippen molar-refractivity contribution in [1.82, 2.24) is 4.98 Å². The van der Waals surface area contributed by atoms with E-state index in [-0.39, 0.29) is 6.61 Å². The molecule has 1 aliphatic rings. The van der Waals surface area contributed by atoms with Crippen LogP contribution in [0.5, 0.6) is 23.0 Å². The van der Waals surface area contributed by atoms with Crippen molar-refractivity contribution in [2.45, 2.75) is 32.7 Å². The van der Waals surface area contributed by atoms with Gasteiger partial charge in [-0.25, -0.2) is 9.78 Å². The normalized spacial score (nSPS) is 17.1. The van der Waals surface area contributed by atoms with Crippen LogP contribution >= 0.6 is 11.3 Å². The molecule has 1 aromatic heterocycles. The van der Waals surface area contributed by atoms with Crippen LogP contribution in [0.4, 0.5) is 0 Å². The van der Waals surface area contributed by atoms with Gasteiger partial charge in [0.1, 0.15) is 17.7 Å². The highest BCUT2D eigenvalue weighted by Gasteiger charge is 2.35. The first-order chi connectivity index (χ1) is 15.1. The van der Waals surface area contributed by atoms with Crippen molar-refractivity contribution in [3.05, 3.63) is 53.5 Å². The molecule has 0 bridgehead atoms. The molecular weight excluding hydrogens is 418 g/mol. The Morgan fingerprint density at radius 2 is 1.90 bits per heavy atom. The fraction of sp³-hybridized carbons (Fsp3) is 0.304. The van der Waals surface area contributed by atoms with Crippen LogP contribution in [0.3, 0.4) is 0 Å². The number of hydrogen-bond acceptors (Lipinski definition) is 8. The van der Waals surface area contributed by atoms with Gasteiger partial charge in [-0.3, -0.25) is 0 Å². The standard InChI is InChI=1S/C23H23NO6S/c1-4-27-17-10-9-15(11-20(17)26-3)22-24-16(13-31-22)12-28-23(25)21-14(2)29-18-7-5-6-8-19(18)30-21/h5-11,13-14,21H,4,12H2,1-3H3. The van der Waals surface area contributed by atoms with Crippen LogP contribution in [0.25, 0.3) is 10.6 Å². The third-order valence-corrected chi connectivity index (χ3v) is 5.64. The van der Waals surface area contributed by atoms with E-state index in [1.165, 1.54) is 11.3 Å². The number of thiazole rings is 1. The zero-order valence-corrected chi connectivity index (χ0v) is 18.3. The highest BCUT2D eigenvalue weighted by atomic mass is 32.1. The van der Waals surface area contributed by atoms with Gasteiger partial charge in [-0.2, -0.15) is 0 Å². The smallest absolute Gasteiger partial charge is 0.351 e. The molecule has 0 fully saturated rings. The SMILES string of the molecule is CCOc1ccc(-c2nc(COC(=O)C3Oc4ccccc4OC3C)cs2)cc1OC. The van der Waals surface area contributed by atoms with Gasteiger partial charge in [0.15, 0.2) is 23.0 Å². The molecule has 2 heterocycles. The summed E-state index contributed by atoms with van der Waals surface area (Å²) in [5.74, 6) is 1.99. The van der Waals surface area contributed by atoms with Crippen molar-refractivity contribution >= 4 is 17.3 Å². The molecule has 0 aliphatic carbocycles. The van der Waals surface area contributed by atoms with Crippen molar-refractivity contribution in [2.24, 2.45) is 0 Å². The Kier molecular flexibility index (Phi) is 6.27. The van der Waals surface area contributed by atoms with E-state index in [4.69, 9.17) is 23.7 Å². The minimum atomic E-state index is -0.830. The number of carbonyl (C=O) groups is 1. The monoisotopic (exact) mass is 441 g/mol. The minimum absolute atomic E-state index is 0.0533. The lowest BCUT2D eigenvalue weighted by Gasteiger charge is -2.30. The van der Waals surface area contributed by atoms with Crippen molar-refractivity contribution in [3.8, 4) is 33.6 Å². The lowest BCUT2D eigenvalue weighted by molar-refractivity contribution is -0.159. The van der Waals surface area contributed by atoms with Gasteiger partial charge in [-0.1, -0.05) is 12.1 Å². The molecule has 0 spiro atoms. The lowest BCUT2D eigenvalue weighted by Crippen LogP contribution is -2.44. The van der Waals surface area contributed by atoms with Gasteiger partial charge in [0, 0.05) is 10.9 Å². The summed E-state index contributed by atoms with van der Waals surface area (Å²) in [4.78, 5) is 17.1. The number of hydrogen-bond donors (Lipinski definition) is 0. The molecule has 0 radical (unpaired) electrons. The molecule has 2 aromatic carbocycles. The Bertz CT molecular complexity index is 1070. The molecule has 4 rings (SSSR count). The largest absolute Gasteiger partial charge is 0.493 e. The number of aromatic nitrogens is 1. The molecule has 0 N–H and O–H groups in total. The first-order valence-electron chi connectivity index (χ1n) is 9.93. The zero-order valence-electron chi connectivity index (χ0n) is 17.5. The van der Waals surface area contributed by atoms with E-state index < -0.39 is 18.2 Å². The fourth-order valence-corrected chi connectivity index (χ4v) is 3.99. The fourth-order valence-electron chi connectivity index (χ4n) is 3.19. The summed E-state index contributed by atoms with van der Waals surface area (Å²) in [6.45, 7) is 4.31. The van der Waals surface area contributed by atoms with Crippen molar-refractivity contribution in [2.75, 3.05) is 13.7 Å². The molecule has 2 unspecified atom stereocenters. The summed E-state index contributed by atoms with van der Waals surface area (Å²) in [6.07, 6.45) is -1.28. The maximum atomic E-state index is 12.6. The van der Waals surface area contributed by atoms with Crippen LogP contribution < -0.4 is 18.9 Å². The zero-order chi connectivity index (χ0) is 21.8. The highest BCUT2D eigenvalue weighted by Crippen LogP contribution is 2.35. The number of nitrogens with zero attached hydrogens (tertiary/aromatic N) is 1. The maximum absolute atomic E-state index is 12.6. The van der Waals surface area contributed by atoms with E-state index in [1.54, 1.807) is 26.2 Å². The van der Waals surface area contributed by atoms with E-state index in [0.29, 0.717) is 35.3 Å². The predicted molar refractivity (Wildman–Crippen MR) is 116 cm³/mol. The number of esters is 1. The topological polar surface area (TPSA) is 76.1 Å². The van der Waals surface area contributed by atoms with Crippen molar-refractivity contribution in [3.63, 3.8) is 0 Å². The number of carbonyl (C=O) groups excluding carboxylic acids is 1. The highest BCUT2D eigenvalue weighted by molar-refractivity contribution is 7.13. The Morgan fingerprint density at radius 3 is 2.65 bits per heavy atom. The van der Waals surface area contributed by atoms with E-state index in [0.717, 1.165) is 10.6 Å². The molecule has 2 atom stereocenters.